The number of fused-ring (bicyclic) bond motifs is 8. The van der Waals surface area contributed by atoms with Crippen LogP contribution in [0.25, 0.3) is 44.9 Å². The van der Waals surface area contributed by atoms with Crippen LogP contribution in [0.4, 0.5) is 0 Å². The van der Waals surface area contributed by atoms with Crippen molar-refractivity contribution in [3.05, 3.63) is 80.9 Å². The van der Waals surface area contributed by atoms with E-state index in [0.717, 1.165) is 68.4 Å². The minimum absolute atomic E-state index is 0.125. The van der Waals surface area contributed by atoms with E-state index in [-0.39, 0.29) is 5.41 Å². The summed E-state index contributed by atoms with van der Waals surface area (Å²) in [6.45, 7) is 18.2. The summed E-state index contributed by atoms with van der Waals surface area (Å²) in [7, 11) is 0. The van der Waals surface area contributed by atoms with Gasteiger partial charge < -0.3 is 9.97 Å². The molecule has 0 spiro atoms. The normalized spacial score (nSPS) is 18.7. The number of aromatic amines is 2. The van der Waals surface area contributed by atoms with Gasteiger partial charge in [0, 0.05) is 33.0 Å². The van der Waals surface area contributed by atoms with Crippen LogP contribution in [-0.4, -0.2) is 19.9 Å². The highest BCUT2D eigenvalue weighted by molar-refractivity contribution is 5.96. The second kappa shape index (κ2) is 11.4. The van der Waals surface area contributed by atoms with Crippen molar-refractivity contribution in [1.29, 1.82) is 0 Å². The summed E-state index contributed by atoms with van der Waals surface area (Å²) in [5.74, 6) is 0. The smallest absolute Gasteiger partial charge is 0.0763 e. The van der Waals surface area contributed by atoms with Crippen LogP contribution in [0.2, 0.25) is 0 Å². The molecule has 224 valence electrons. The zero-order chi connectivity index (χ0) is 30.5. The predicted molar refractivity (Wildman–Crippen MR) is 185 cm³/mol. The molecule has 2 aliphatic heterocycles. The van der Waals surface area contributed by atoms with E-state index in [1.165, 1.54) is 72.3 Å². The Bertz CT molecular complexity index is 1860. The number of nitrogens with one attached hydrogen (secondary N) is 2. The molecule has 0 saturated heterocycles. The Balaban J connectivity index is 1.89. The van der Waals surface area contributed by atoms with Crippen molar-refractivity contribution in [3.8, 4) is 0 Å². The van der Waals surface area contributed by atoms with Gasteiger partial charge in [0.05, 0.1) is 22.8 Å². The van der Waals surface area contributed by atoms with Gasteiger partial charge in [-0.2, -0.15) is 0 Å². The zero-order valence-electron chi connectivity index (χ0n) is 27.5. The summed E-state index contributed by atoms with van der Waals surface area (Å²) >= 11 is 0. The lowest BCUT2D eigenvalue weighted by Crippen LogP contribution is -2.26. The van der Waals surface area contributed by atoms with Crippen LogP contribution in [-0.2, 0) is 31.1 Å². The molecule has 1 unspecified atom stereocenters. The van der Waals surface area contributed by atoms with Crippen molar-refractivity contribution in [2.24, 2.45) is 0 Å². The van der Waals surface area contributed by atoms with Crippen molar-refractivity contribution in [3.63, 3.8) is 0 Å². The number of aryl methyl sites for hydroxylation is 4. The van der Waals surface area contributed by atoms with E-state index < -0.39 is 0 Å². The van der Waals surface area contributed by atoms with E-state index in [4.69, 9.17) is 9.97 Å². The SMILES string of the molecule is C/C=C1\c2cc3[nH]c(cc4[nH]c(cc5nc(c6c(n2)C1(CC)CC=C6)C(CC)=C5CC)c(CC)c4CC)c(CC)c3CC. The molecule has 0 amide bonds. The van der Waals surface area contributed by atoms with Crippen LogP contribution in [0.1, 0.15) is 132 Å². The molecule has 4 heteroatoms. The van der Waals surface area contributed by atoms with Crippen LogP contribution < -0.4 is 0 Å². The van der Waals surface area contributed by atoms with Gasteiger partial charge in [-0.3, -0.25) is 4.98 Å². The number of rotatable bonds is 7. The molecule has 0 fully saturated rings. The van der Waals surface area contributed by atoms with E-state index >= 15 is 0 Å². The van der Waals surface area contributed by atoms with E-state index in [1.807, 2.05) is 0 Å². The molecule has 3 aromatic rings. The average Bonchev–Trinajstić information content (AvgIpc) is 3.74. The summed E-state index contributed by atoms with van der Waals surface area (Å²) in [5, 5.41) is 0. The van der Waals surface area contributed by atoms with Crippen LogP contribution in [0.15, 0.2) is 30.4 Å². The van der Waals surface area contributed by atoms with E-state index in [9.17, 15) is 0 Å². The summed E-state index contributed by atoms with van der Waals surface area (Å²) in [5.41, 5.74) is 20.1. The highest BCUT2D eigenvalue weighted by atomic mass is 14.8. The molecular weight excluding hydrogens is 524 g/mol. The molecule has 1 atom stereocenters. The van der Waals surface area contributed by atoms with Crippen LogP contribution in [0.3, 0.4) is 0 Å². The molecule has 2 N–H and O–H groups in total. The minimum atomic E-state index is -0.125. The quantitative estimate of drug-likeness (QED) is 0.296. The van der Waals surface area contributed by atoms with E-state index in [1.54, 1.807) is 0 Å². The molecule has 4 nitrogen and oxygen atoms in total. The number of allylic oxidation sites excluding steroid dienone is 5. The molecular formula is C39H48N4. The van der Waals surface area contributed by atoms with Gasteiger partial charge in [0.1, 0.15) is 0 Å². The molecule has 5 heterocycles. The van der Waals surface area contributed by atoms with Gasteiger partial charge in [0.25, 0.3) is 0 Å². The molecule has 0 aromatic carbocycles. The van der Waals surface area contributed by atoms with E-state index in [0.29, 0.717) is 0 Å². The third-order valence-electron chi connectivity index (χ3n) is 10.4. The fourth-order valence-electron chi connectivity index (χ4n) is 8.31. The van der Waals surface area contributed by atoms with Gasteiger partial charge in [0.15, 0.2) is 0 Å². The molecule has 0 radical (unpaired) electrons. The monoisotopic (exact) mass is 572 g/mol. The summed E-state index contributed by atoms with van der Waals surface area (Å²) in [4.78, 5) is 18.8. The number of hydrogen-bond donors (Lipinski definition) is 2. The zero-order valence-corrected chi connectivity index (χ0v) is 27.5. The van der Waals surface area contributed by atoms with Crippen LogP contribution in [0, 0.1) is 0 Å². The Morgan fingerprint density at radius 3 is 1.70 bits per heavy atom. The van der Waals surface area contributed by atoms with Crippen molar-refractivity contribution >= 4 is 44.9 Å². The molecule has 8 bridgehead atoms. The summed E-state index contributed by atoms with van der Waals surface area (Å²) in [6, 6.07) is 7.04. The Morgan fingerprint density at radius 1 is 0.674 bits per heavy atom. The number of aromatic nitrogens is 4. The topological polar surface area (TPSA) is 57.4 Å². The first-order valence-corrected chi connectivity index (χ1v) is 16.8. The van der Waals surface area contributed by atoms with Gasteiger partial charge in [-0.15, -0.1) is 0 Å². The fourth-order valence-corrected chi connectivity index (χ4v) is 8.31. The van der Waals surface area contributed by atoms with Crippen LogP contribution in [0.5, 0.6) is 0 Å². The molecule has 1 aliphatic carbocycles. The lowest BCUT2D eigenvalue weighted by atomic mass is 9.69. The first kappa shape index (κ1) is 29.4. The fraction of sp³-hybridized carbons (Fsp3) is 0.436. The highest BCUT2D eigenvalue weighted by Crippen LogP contribution is 2.52. The van der Waals surface area contributed by atoms with Gasteiger partial charge in [-0.1, -0.05) is 66.7 Å². The minimum Gasteiger partial charge on any atom is -0.355 e. The molecule has 6 rings (SSSR count). The third kappa shape index (κ3) is 4.31. The number of H-pyrrole nitrogens is 2. The van der Waals surface area contributed by atoms with E-state index in [2.05, 4.69) is 102 Å². The number of nitrogens with zero attached hydrogens (tertiary/aromatic N) is 2. The predicted octanol–water partition coefficient (Wildman–Crippen LogP) is 10.5. The largest absolute Gasteiger partial charge is 0.355 e. The van der Waals surface area contributed by atoms with Crippen molar-refractivity contribution in [1.82, 2.24) is 19.9 Å². The van der Waals surface area contributed by atoms with Gasteiger partial charge in [0.2, 0.25) is 0 Å². The van der Waals surface area contributed by atoms with Crippen molar-refractivity contribution < 1.29 is 0 Å². The number of hydrogen-bond acceptors (Lipinski definition) is 2. The molecule has 0 saturated carbocycles. The van der Waals surface area contributed by atoms with Crippen LogP contribution >= 0.6 is 0 Å². The lowest BCUT2D eigenvalue weighted by Gasteiger charge is -2.32. The maximum Gasteiger partial charge on any atom is 0.0763 e. The molecule has 3 aromatic heterocycles. The van der Waals surface area contributed by atoms with Crippen molar-refractivity contribution in [2.45, 2.75) is 112 Å². The van der Waals surface area contributed by atoms with Crippen molar-refractivity contribution in [2.75, 3.05) is 0 Å². The second-order valence-electron chi connectivity index (χ2n) is 12.2. The maximum atomic E-state index is 5.53. The Kier molecular flexibility index (Phi) is 7.83. The lowest BCUT2D eigenvalue weighted by molar-refractivity contribution is 0.537. The van der Waals surface area contributed by atoms with Gasteiger partial charge in [-0.05, 0) is 115 Å². The first-order chi connectivity index (χ1) is 20.9. The summed E-state index contributed by atoms with van der Waals surface area (Å²) < 4.78 is 0. The first-order valence-electron chi connectivity index (χ1n) is 16.8. The maximum absolute atomic E-state index is 5.53. The summed E-state index contributed by atoms with van der Waals surface area (Å²) in [6.07, 6.45) is 14.8. The molecule has 43 heavy (non-hydrogen) atoms. The third-order valence-corrected chi connectivity index (χ3v) is 10.4. The second-order valence-corrected chi connectivity index (χ2v) is 12.2. The van der Waals surface area contributed by atoms with Gasteiger partial charge in [-0.25, -0.2) is 4.98 Å². The highest BCUT2D eigenvalue weighted by Gasteiger charge is 2.44. The van der Waals surface area contributed by atoms with Gasteiger partial charge >= 0.3 is 0 Å². The Hall–Kier alpha value is -3.66. The standard InChI is InChI=1S/C39H48N4/c1-9-23-24(10-2)33-21-35-27(13-5)28(14-6)37(42-35)29-18-17-19-39(16-8)30(15-7)36(43-38(29)39)22-34-26(12-4)25(11-3)32(41-34)20-31(23)40-33/h15,17-18,20-22,40-41H,9-14,16,19H2,1-8H3/b30-15+,31-20?,32-20?,33-21?,34-22?,35-21?,36-22?,37-29?. The Morgan fingerprint density at radius 2 is 1.21 bits per heavy atom. The average molecular weight is 573 g/mol. The Labute approximate surface area is 257 Å². The molecule has 3 aliphatic rings.